The molecule has 0 amide bonds. The Bertz CT molecular complexity index is 414. The summed E-state index contributed by atoms with van der Waals surface area (Å²) in [7, 11) is 1.53. The molecular weight excluding hydrogens is 263 g/mol. The molecule has 0 saturated heterocycles. The van der Waals surface area contributed by atoms with Crippen LogP contribution in [0.3, 0.4) is 0 Å². The van der Waals surface area contributed by atoms with Gasteiger partial charge in [0.15, 0.2) is 0 Å². The van der Waals surface area contributed by atoms with Gasteiger partial charge in [-0.15, -0.1) is 0 Å². The molecule has 0 unspecified atom stereocenters. The summed E-state index contributed by atoms with van der Waals surface area (Å²) in [6, 6.07) is 1.40. The average Bonchev–Trinajstić information content (AvgIpc) is 2.90. The van der Waals surface area contributed by atoms with Gasteiger partial charge < -0.3 is 9.84 Å². The maximum absolute atomic E-state index is 13.5. The molecule has 0 aliphatic heterocycles. The van der Waals surface area contributed by atoms with E-state index < -0.39 is 5.60 Å². The molecule has 15 heavy (non-hydrogen) atoms. The summed E-state index contributed by atoms with van der Waals surface area (Å²) >= 11 is 3.17. The van der Waals surface area contributed by atoms with Gasteiger partial charge in [0.05, 0.1) is 17.2 Å². The molecule has 1 aliphatic rings. The zero-order valence-corrected chi connectivity index (χ0v) is 10.2. The minimum atomic E-state index is -0.906. The highest BCUT2D eigenvalue weighted by atomic mass is 79.9. The summed E-state index contributed by atoms with van der Waals surface area (Å²) < 4.78 is 19.0. The first-order chi connectivity index (χ1) is 6.99. The third-order valence-electron chi connectivity index (χ3n) is 2.75. The molecule has 1 fully saturated rings. The Labute approximate surface area is 96.2 Å². The lowest BCUT2D eigenvalue weighted by Gasteiger charge is -2.18. The molecule has 0 spiro atoms. The molecule has 2 nitrogen and oxygen atoms in total. The highest BCUT2D eigenvalue weighted by Gasteiger charge is 2.46. The van der Waals surface area contributed by atoms with Crippen molar-refractivity contribution >= 4 is 15.9 Å². The van der Waals surface area contributed by atoms with Crippen LogP contribution in [0.25, 0.3) is 0 Å². The largest absolute Gasteiger partial charge is 0.496 e. The zero-order chi connectivity index (χ0) is 11.2. The monoisotopic (exact) mass is 274 g/mol. The molecular formula is C11H12BrFO2. The van der Waals surface area contributed by atoms with Gasteiger partial charge in [0.2, 0.25) is 0 Å². The fourth-order valence-corrected chi connectivity index (χ4v) is 2.45. The van der Waals surface area contributed by atoms with E-state index in [0.717, 1.165) is 0 Å². The first-order valence-electron chi connectivity index (χ1n) is 4.75. The minimum Gasteiger partial charge on any atom is -0.496 e. The highest BCUT2D eigenvalue weighted by Crippen LogP contribution is 2.52. The van der Waals surface area contributed by atoms with E-state index in [2.05, 4.69) is 15.9 Å². The Kier molecular flexibility index (Phi) is 2.51. The number of methoxy groups -OCH3 is 1. The fourth-order valence-electron chi connectivity index (χ4n) is 1.78. The van der Waals surface area contributed by atoms with Gasteiger partial charge in [-0.05, 0) is 47.3 Å². The molecule has 4 heteroatoms. The number of aliphatic hydroxyl groups is 1. The minimum absolute atomic E-state index is 0.310. The zero-order valence-electron chi connectivity index (χ0n) is 8.60. The van der Waals surface area contributed by atoms with Crippen LogP contribution in [0.5, 0.6) is 5.75 Å². The van der Waals surface area contributed by atoms with E-state index >= 15 is 0 Å². The van der Waals surface area contributed by atoms with E-state index in [1.54, 1.807) is 6.92 Å². The average molecular weight is 275 g/mol. The summed E-state index contributed by atoms with van der Waals surface area (Å²) in [4.78, 5) is 0. The molecule has 1 aliphatic carbocycles. The van der Waals surface area contributed by atoms with Gasteiger partial charge in [-0.1, -0.05) is 0 Å². The number of benzene rings is 1. The molecule has 1 saturated carbocycles. The maximum atomic E-state index is 13.5. The maximum Gasteiger partial charge on any atom is 0.138 e. The van der Waals surface area contributed by atoms with Crippen LogP contribution in [0.4, 0.5) is 4.39 Å². The lowest BCUT2D eigenvalue weighted by atomic mass is 10.0. The van der Waals surface area contributed by atoms with E-state index in [4.69, 9.17) is 4.74 Å². The molecule has 0 aromatic heterocycles. The van der Waals surface area contributed by atoms with Crippen LogP contribution < -0.4 is 4.74 Å². The predicted octanol–water partition coefficient (Wildman–Crippen LogP) is 2.89. The molecule has 0 radical (unpaired) electrons. The first-order valence-corrected chi connectivity index (χ1v) is 5.54. The third kappa shape index (κ3) is 1.66. The summed E-state index contributed by atoms with van der Waals surface area (Å²) in [6.07, 6.45) is 1.32. The smallest absolute Gasteiger partial charge is 0.138 e. The second kappa shape index (κ2) is 3.46. The quantitative estimate of drug-likeness (QED) is 0.899. The molecule has 0 atom stereocenters. The van der Waals surface area contributed by atoms with Crippen molar-refractivity contribution in [3.05, 3.63) is 27.5 Å². The van der Waals surface area contributed by atoms with Gasteiger partial charge in [0.1, 0.15) is 11.6 Å². The fraction of sp³-hybridized carbons (Fsp3) is 0.455. The van der Waals surface area contributed by atoms with Crippen LogP contribution in [-0.4, -0.2) is 12.2 Å². The van der Waals surface area contributed by atoms with E-state index in [1.165, 1.54) is 13.2 Å². The summed E-state index contributed by atoms with van der Waals surface area (Å²) in [5, 5.41) is 10.1. The predicted molar refractivity (Wildman–Crippen MR) is 58.5 cm³/mol. The van der Waals surface area contributed by atoms with Gasteiger partial charge in [-0.3, -0.25) is 0 Å². The number of aryl methyl sites for hydroxylation is 1. The van der Waals surface area contributed by atoms with Crippen LogP contribution in [0.1, 0.15) is 24.0 Å². The topological polar surface area (TPSA) is 29.5 Å². The summed E-state index contributed by atoms with van der Waals surface area (Å²) in [5.74, 6) is 0.215. The summed E-state index contributed by atoms with van der Waals surface area (Å²) in [6.45, 7) is 1.77. The number of ether oxygens (including phenoxy) is 1. The number of hydrogen-bond acceptors (Lipinski definition) is 2. The van der Waals surface area contributed by atoms with Crippen LogP contribution in [0.2, 0.25) is 0 Å². The molecule has 0 bridgehead atoms. The Hall–Kier alpha value is -0.610. The van der Waals surface area contributed by atoms with Gasteiger partial charge in [-0.25, -0.2) is 4.39 Å². The Morgan fingerprint density at radius 3 is 2.60 bits per heavy atom. The molecule has 1 N–H and O–H groups in total. The second-order valence-corrected chi connectivity index (χ2v) is 4.72. The van der Waals surface area contributed by atoms with Gasteiger partial charge in [0.25, 0.3) is 0 Å². The van der Waals surface area contributed by atoms with E-state index in [0.29, 0.717) is 34.2 Å². The lowest BCUT2D eigenvalue weighted by molar-refractivity contribution is 0.146. The van der Waals surface area contributed by atoms with Crippen molar-refractivity contribution in [3.8, 4) is 5.75 Å². The Morgan fingerprint density at radius 2 is 2.13 bits per heavy atom. The van der Waals surface area contributed by atoms with Crippen molar-refractivity contribution < 1.29 is 14.2 Å². The molecule has 0 heterocycles. The number of rotatable bonds is 2. The van der Waals surface area contributed by atoms with Crippen LogP contribution in [0.15, 0.2) is 10.5 Å². The Morgan fingerprint density at radius 1 is 1.53 bits per heavy atom. The molecule has 82 valence electrons. The SMILES string of the molecule is COc1c(C)cc(F)c(Br)c1C1(O)CC1. The van der Waals surface area contributed by atoms with Crippen LogP contribution in [-0.2, 0) is 5.60 Å². The van der Waals surface area contributed by atoms with Crippen molar-refractivity contribution in [2.24, 2.45) is 0 Å². The Balaban J connectivity index is 2.68. The van der Waals surface area contributed by atoms with E-state index in [-0.39, 0.29) is 5.82 Å². The third-order valence-corrected chi connectivity index (χ3v) is 3.53. The number of hydrogen-bond donors (Lipinski definition) is 1. The molecule has 2 rings (SSSR count). The van der Waals surface area contributed by atoms with Crippen molar-refractivity contribution in [1.82, 2.24) is 0 Å². The van der Waals surface area contributed by atoms with Crippen LogP contribution >= 0.6 is 15.9 Å². The van der Waals surface area contributed by atoms with Gasteiger partial charge in [-0.2, -0.15) is 0 Å². The lowest BCUT2D eigenvalue weighted by Crippen LogP contribution is -2.10. The number of halogens is 2. The standard InChI is InChI=1S/C11H12BrFO2/c1-6-5-7(13)9(12)8(10(6)15-2)11(14)3-4-11/h5,14H,3-4H2,1-2H3. The van der Waals surface area contributed by atoms with Crippen molar-refractivity contribution in [2.75, 3.05) is 7.11 Å². The first kappa shape index (κ1) is 10.9. The van der Waals surface area contributed by atoms with Crippen molar-refractivity contribution in [3.63, 3.8) is 0 Å². The van der Waals surface area contributed by atoms with Crippen LogP contribution in [0, 0.1) is 12.7 Å². The van der Waals surface area contributed by atoms with Crippen molar-refractivity contribution in [1.29, 1.82) is 0 Å². The highest BCUT2D eigenvalue weighted by molar-refractivity contribution is 9.10. The summed E-state index contributed by atoms with van der Waals surface area (Å²) in [5.41, 5.74) is 0.341. The van der Waals surface area contributed by atoms with E-state index in [1.807, 2.05) is 0 Å². The second-order valence-electron chi connectivity index (χ2n) is 3.93. The van der Waals surface area contributed by atoms with Gasteiger partial charge >= 0.3 is 0 Å². The molecule has 1 aromatic rings. The normalized spacial score (nSPS) is 17.7. The van der Waals surface area contributed by atoms with E-state index in [9.17, 15) is 9.50 Å². The molecule has 1 aromatic carbocycles. The van der Waals surface area contributed by atoms with Gasteiger partial charge in [0, 0.05) is 5.56 Å². The van der Waals surface area contributed by atoms with Crippen molar-refractivity contribution in [2.45, 2.75) is 25.4 Å².